The lowest BCUT2D eigenvalue weighted by molar-refractivity contribution is 0.0791. The van der Waals surface area contributed by atoms with E-state index in [0.717, 1.165) is 38.3 Å². The van der Waals surface area contributed by atoms with Crippen LogP contribution in [-0.2, 0) is 13.1 Å². The Morgan fingerprint density at radius 2 is 1.92 bits per heavy atom. The molecule has 0 unspecified atom stereocenters. The molecule has 0 amide bonds. The minimum atomic E-state index is -0.135. The third kappa shape index (κ3) is 4.66. The molecule has 0 saturated carbocycles. The first kappa shape index (κ1) is 17.1. The van der Waals surface area contributed by atoms with Crippen LogP contribution in [0.25, 0.3) is 0 Å². The molecule has 3 rings (SSSR count). The molecular weight excluding hydrogens is 324 g/mol. The quantitative estimate of drug-likeness (QED) is 0.815. The lowest BCUT2D eigenvalue weighted by Gasteiger charge is -2.30. The largest absolute Gasteiger partial charge is 0.393 e. The molecule has 24 heavy (non-hydrogen) atoms. The summed E-state index contributed by atoms with van der Waals surface area (Å²) in [6.07, 6.45) is 1.59. The number of piperidine rings is 1. The highest BCUT2D eigenvalue weighted by molar-refractivity contribution is 6.29. The van der Waals surface area contributed by atoms with Gasteiger partial charge in [-0.15, -0.1) is 0 Å². The van der Waals surface area contributed by atoms with E-state index in [2.05, 4.69) is 44.5 Å². The topological polar surface area (TPSA) is 61.3 Å². The Bertz CT molecular complexity index is 666. The minimum absolute atomic E-state index is 0.135. The van der Waals surface area contributed by atoms with Crippen molar-refractivity contribution in [3.8, 4) is 0 Å². The summed E-state index contributed by atoms with van der Waals surface area (Å²) in [6.45, 7) is 5.33. The fourth-order valence-corrected chi connectivity index (χ4v) is 3.24. The molecule has 2 aromatic rings. The molecule has 1 aliphatic heterocycles. The van der Waals surface area contributed by atoms with Crippen LogP contribution in [-0.4, -0.2) is 39.2 Å². The van der Waals surface area contributed by atoms with Gasteiger partial charge in [0.05, 0.1) is 6.10 Å². The highest BCUT2D eigenvalue weighted by atomic mass is 35.5. The number of aliphatic hydroxyl groups is 1. The van der Waals surface area contributed by atoms with Crippen molar-refractivity contribution in [1.82, 2.24) is 14.9 Å². The predicted octanol–water partition coefficient (Wildman–Crippen LogP) is 3.01. The molecule has 5 nitrogen and oxygen atoms in total. The van der Waals surface area contributed by atoms with E-state index < -0.39 is 0 Å². The first-order chi connectivity index (χ1) is 11.6. The van der Waals surface area contributed by atoms with Gasteiger partial charge in [0.15, 0.2) is 0 Å². The maximum atomic E-state index is 9.64. The van der Waals surface area contributed by atoms with Gasteiger partial charge in [0.2, 0.25) is 0 Å². The zero-order chi connectivity index (χ0) is 16.9. The first-order valence-corrected chi connectivity index (χ1v) is 8.70. The summed E-state index contributed by atoms with van der Waals surface area (Å²) in [5.74, 6) is 1.40. The molecule has 128 valence electrons. The Labute approximate surface area is 147 Å². The van der Waals surface area contributed by atoms with Crippen molar-refractivity contribution in [2.24, 2.45) is 0 Å². The van der Waals surface area contributed by atoms with Crippen LogP contribution in [0.5, 0.6) is 0 Å². The third-order valence-corrected chi connectivity index (χ3v) is 4.53. The van der Waals surface area contributed by atoms with Crippen LogP contribution in [0.15, 0.2) is 30.3 Å². The van der Waals surface area contributed by atoms with E-state index in [0.29, 0.717) is 17.5 Å². The molecule has 1 saturated heterocycles. The lowest BCUT2D eigenvalue weighted by atomic mass is 10.0. The summed E-state index contributed by atoms with van der Waals surface area (Å²) in [6, 6.07) is 10.2. The van der Waals surface area contributed by atoms with Gasteiger partial charge in [-0.05, 0) is 30.9 Å². The molecule has 1 aliphatic rings. The van der Waals surface area contributed by atoms with E-state index in [1.54, 1.807) is 6.07 Å². The summed E-state index contributed by atoms with van der Waals surface area (Å²) in [5.41, 5.74) is 2.55. The zero-order valence-corrected chi connectivity index (χ0v) is 14.6. The van der Waals surface area contributed by atoms with Crippen LogP contribution in [0.3, 0.4) is 0 Å². The lowest BCUT2D eigenvalue weighted by Crippen LogP contribution is -2.35. The number of hydrogen-bond donors (Lipinski definition) is 2. The number of nitrogens with zero attached hydrogens (tertiary/aromatic N) is 3. The van der Waals surface area contributed by atoms with Crippen LogP contribution in [0.4, 0.5) is 5.82 Å². The standard InChI is InChI=1S/C18H23ClN4O/c1-13-21-17(19)10-18(22-13)20-11-14-4-2-3-5-15(14)12-23-8-6-16(24)7-9-23/h2-5,10,16,24H,6-9,11-12H2,1H3,(H,20,21,22). The summed E-state index contributed by atoms with van der Waals surface area (Å²) in [5, 5.41) is 13.4. The highest BCUT2D eigenvalue weighted by Gasteiger charge is 2.17. The number of likely N-dealkylation sites (tertiary alicyclic amines) is 1. The fraction of sp³-hybridized carbons (Fsp3) is 0.444. The van der Waals surface area contributed by atoms with Gasteiger partial charge in [0, 0.05) is 32.2 Å². The first-order valence-electron chi connectivity index (χ1n) is 8.32. The number of rotatable bonds is 5. The summed E-state index contributed by atoms with van der Waals surface area (Å²) in [4.78, 5) is 10.8. The molecule has 0 spiro atoms. The molecule has 6 heteroatoms. The third-order valence-electron chi connectivity index (χ3n) is 4.34. The average Bonchev–Trinajstić information content (AvgIpc) is 2.55. The number of nitrogens with one attached hydrogen (secondary N) is 1. The number of aliphatic hydroxyl groups excluding tert-OH is 1. The van der Waals surface area contributed by atoms with Gasteiger partial charge in [-0.1, -0.05) is 35.9 Å². The SMILES string of the molecule is Cc1nc(Cl)cc(NCc2ccccc2CN2CCC(O)CC2)n1. The van der Waals surface area contributed by atoms with E-state index >= 15 is 0 Å². The molecule has 1 aromatic heterocycles. The van der Waals surface area contributed by atoms with Crippen molar-refractivity contribution < 1.29 is 5.11 Å². The van der Waals surface area contributed by atoms with E-state index in [1.807, 2.05) is 6.92 Å². The molecule has 0 atom stereocenters. The van der Waals surface area contributed by atoms with Gasteiger partial charge in [-0.25, -0.2) is 9.97 Å². The Kier molecular flexibility index (Phi) is 5.66. The Balaban J connectivity index is 1.65. The molecule has 1 aromatic carbocycles. The van der Waals surface area contributed by atoms with E-state index in [-0.39, 0.29) is 6.10 Å². The smallest absolute Gasteiger partial charge is 0.134 e. The number of anilines is 1. The second-order valence-corrected chi connectivity index (χ2v) is 6.64. The Morgan fingerprint density at radius 3 is 2.62 bits per heavy atom. The monoisotopic (exact) mass is 346 g/mol. The number of halogens is 1. The Hall–Kier alpha value is -1.69. The number of benzene rings is 1. The van der Waals surface area contributed by atoms with Gasteiger partial charge in [0.1, 0.15) is 16.8 Å². The van der Waals surface area contributed by atoms with Gasteiger partial charge >= 0.3 is 0 Å². The molecular formula is C18H23ClN4O. The van der Waals surface area contributed by atoms with Gasteiger partial charge < -0.3 is 10.4 Å². The average molecular weight is 347 g/mol. The summed E-state index contributed by atoms with van der Waals surface area (Å²) in [7, 11) is 0. The number of aryl methyl sites for hydroxylation is 1. The van der Waals surface area contributed by atoms with Crippen LogP contribution < -0.4 is 5.32 Å². The van der Waals surface area contributed by atoms with Crippen molar-refractivity contribution in [3.63, 3.8) is 0 Å². The number of aromatic nitrogens is 2. The molecule has 2 N–H and O–H groups in total. The van der Waals surface area contributed by atoms with E-state index in [4.69, 9.17) is 11.6 Å². The van der Waals surface area contributed by atoms with Crippen LogP contribution >= 0.6 is 11.6 Å². The van der Waals surface area contributed by atoms with Crippen LogP contribution in [0.2, 0.25) is 5.15 Å². The molecule has 0 bridgehead atoms. The van der Waals surface area contributed by atoms with Crippen molar-refractivity contribution >= 4 is 17.4 Å². The summed E-state index contributed by atoms with van der Waals surface area (Å²) < 4.78 is 0. The molecule has 2 heterocycles. The van der Waals surface area contributed by atoms with Gasteiger partial charge in [-0.2, -0.15) is 0 Å². The van der Waals surface area contributed by atoms with Gasteiger partial charge in [-0.3, -0.25) is 4.90 Å². The van der Waals surface area contributed by atoms with Gasteiger partial charge in [0.25, 0.3) is 0 Å². The van der Waals surface area contributed by atoms with E-state index in [1.165, 1.54) is 11.1 Å². The maximum Gasteiger partial charge on any atom is 0.134 e. The van der Waals surface area contributed by atoms with Crippen molar-refractivity contribution in [3.05, 3.63) is 52.4 Å². The summed E-state index contributed by atoms with van der Waals surface area (Å²) >= 11 is 5.99. The molecule has 1 fully saturated rings. The fourth-order valence-electron chi connectivity index (χ4n) is 3.01. The molecule has 0 radical (unpaired) electrons. The van der Waals surface area contributed by atoms with Crippen molar-refractivity contribution in [2.75, 3.05) is 18.4 Å². The number of hydrogen-bond acceptors (Lipinski definition) is 5. The minimum Gasteiger partial charge on any atom is -0.393 e. The second-order valence-electron chi connectivity index (χ2n) is 6.25. The van der Waals surface area contributed by atoms with Crippen LogP contribution in [0, 0.1) is 6.92 Å². The molecule has 0 aliphatic carbocycles. The van der Waals surface area contributed by atoms with Crippen LogP contribution in [0.1, 0.15) is 29.8 Å². The normalized spacial score (nSPS) is 16.3. The highest BCUT2D eigenvalue weighted by Crippen LogP contribution is 2.18. The van der Waals surface area contributed by atoms with E-state index in [9.17, 15) is 5.11 Å². The predicted molar refractivity (Wildman–Crippen MR) is 96.1 cm³/mol. The zero-order valence-electron chi connectivity index (χ0n) is 13.9. The van der Waals surface area contributed by atoms with Crippen molar-refractivity contribution in [2.45, 2.75) is 39.0 Å². The van der Waals surface area contributed by atoms with Crippen molar-refractivity contribution in [1.29, 1.82) is 0 Å². The second kappa shape index (κ2) is 7.92. The Morgan fingerprint density at radius 1 is 1.21 bits per heavy atom. The maximum absolute atomic E-state index is 9.64.